The van der Waals surface area contributed by atoms with Gasteiger partial charge in [0.15, 0.2) is 6.40 Å². The molecule has 1 heterocycles. The minimum absolute atomic E-state index is 0.553. The predicted octanol–water partition coefficient (Wildman–Crippen LogP) is 4.98. The Morgan fingerprint density at radius 3 is 2.64 bits per heavy atom. The summed E-state index contributed by atoms with van der Waals surface area (Å²) in [6, 6.07) is 15.7. The Labute approximate surface area is 147 Å². The van der Waals surface area contributed by atoms with Gasteiger partial charge in [-0.3, -0.25) is 0 Å². The van der Waals surface area contributed by atoms with Crippen molar-refractivity contribution in [3.63, 3.8) is 0 Å². The summed E-state index contributed by atoms with van der Waals surface area (Å²) in [7, 11) is 0. The van der Waals surface area contributed by atoms with Gasteiger partial charge in [0.25, 0.3) is 0 Å². The van der Waals surface area contributed by atoms with E-state index in [0.29, 0.717) is 12.5 Å². The van der Waals surface area contributed by atoms with E-state index in [1.807, 2.05) is 75.5 Å². The third kappa shape index (κ3) is 4.07. The minimum atomic E-state index is 0.553. The number of para-hydroxylation sites is 1. The second-order valence-corrected chi connectivity index (χ2v) is 5.63. The van der Waals surface area contributed by atoms with Gasteiger partial charge in [-0.25, -0.2) is 9.67 Å². The van der Waals surface area contributed by atoms with Gasteiger partial charge < -0.3 is 9.47 Å². The molecule has 0 saturated carbocycles. The number of hydrogen-bond acceptors (Lipinski definition) is 4. The number of benzene rings is 2. The molecule has 2 aromatic carbocycles. The van der Waals surface area contributed by atoms with Crippen LogP contribution < -0.4 is 4.74 Å². The molecule has 0 fully saturated rings. The van der Waals surface area contributed by atoms with Crippen LogP contribution in [0, 0.1) is 13.8 Å². The van der Waals surface area contributed by atoms with Gasteiger partial charge in [0.1, 0.15) is 5.75 Å². The van der Waals surface area contributed by atoms with Gasteiger partial charge in [-0.2, -0.15) is 0 Å². The maximum Gasteiger partial charge on any atom is 0.238 e. The maximum atomic E-state index is 5.96. The first kappa shape index (κ1) is 16.8. The largest absolute Gasteiger partial charge is 0.483 e. The van der Waals surface area contributed by atoms with Crippen molar-refractivity contribution in [2.45, 2.75) is 20.8 Å². The molecule has 0 aliphatic heterocycles. The Kier molecular flexibility index (Phi) is 5.14. The van der Waals surface area contributed by atoms with E-state index in [4.69, 9.17) is 9.47 Å². The molecule has 3 rings (SSSR count). The quantitative estimate of drug-likeness (QED) is 0.471. The van der Waals surface area contributed by atoms with Crippen LogP contribution in [0.4, 0.5) is 5.69 Å². The lowest BCUT2D eigenvalue weighted by molar-refractivity contribution is 0.344. The number of aromatic nitrogens is 2. The smallest absolute Gasteiger partial charge is 0.238 e. The Balaban J connectivity index is 1.79. The first-order chi connectivity index (χ1) is 12.2. The van der Waals surface area contributed by atoms with E-state index in [1.165, 1.54) is 6.40 Å². The van der Waals surface area contributed by atoms with Crippen molar-refractivity contribution in [1.29, 1.82) is 0 Å². The van der Waals surface area contributed by atoms with E-state index in [-0.39, 0.29) is 0 Å². The molecule has 0 spiro atoms. The second kappa shape index (κ2) is 7.66. The van der Waals surface area contributed by atoms with Crippen LogP contribution in [0.15, 0.2) is 59.7 Å². The number of nitrogens with zero attached hydrogens (tertiary/aromatic N) is 3. The highest BCUT2D eigenvalue weighted by Crippen LogP contribution is 2.31. The standard InChI is InChI=1S/C20H21N3O2/c1-4-24-14-21-18-12-16(3)19(13-15(18)2)25-20-10-11-23(22-20)17-8-6-5-7-9-17/h5-14H,4H2,1-3H3/b21-14+. The molecule has 5 heteroatoms. The average Bonchev–Trinajstić information content (AvgIpc) is 3.08. The monoisotopic (exact) mass is 335 g/mol. The number of aliphatic imine (C=N–C) groups is 1. The van der Waals surface area contributed by atoms with E-state index in [9.17, 15) is 0 Å². The fourth-order valence-electron chi connectivity index (χ4n) is 2.39. The Morgan fingerprint density at radius 1 is 1.08 bits per heavy atom. The van der Waals surface area contributed by atoms with Crippen LogP contribution in [0.2, 0.25) is 0 Å². The molecule has 0 radical (unpaired) electrons. The van der Waals surface area contributed by atoms with Crippen LogP contribution in [0.25, 0.3) is 5.69 Å². The normalized spacial score (nSPS) is 11.0. The number of hydrogen-bond donors (Lipinski definition) is 0. The number of rotatable bonds is 6. The predicted molar refractivity (Wildman–Crippen MR) is 99.3 cm³/mol. The average molecular weight is 335 g/mol. The van der Waals surface area contributed by atoms with Gasteiger partial charge in [0, 0.05) is 12.3 Å². The van der Waals surface area contributed by atoms with Gasteiger partial charge in [-0.15, -0.1) is 5.10 Å². The molecule has 0 bridgehead atoms. The molecule has 128 valence electrons. The Morgan fingerprint density at radius 2 is 1.88 bits per heavy atom. The van der Waals surface area contributed by atoms with E-state index >= 15 is 0 Å². The van der Waals surface area contributed by atoms with Crippen LogP contribution in [-0.2, 0) is 4.74 Å². The van der Waals surface area contributed by atoms with Crippen molar-refractivity contribution in [3.05, 3.63) is 65.9 Å². The highest BCUT2D eigenvalue weighted by Gasteiger charge is 2.08. The summed E-state index contributed by atoms with van der Waals surface area (Å²) in [6.45, 7) is 6.51. The highest BCUT2D eigenvalue weighted by atomic mass is 16.5. The zero-order valence-electron chi connectivity index (χ0n) is 14.6. The molecule has 0 unspecified atom stereocenters. The summed E-state index contributed by atoms with van der Waals surface area (Å²) in [6.07, 6.45) is 3.36. The molecule has 0 aliphatic rings. The highest BCUT2D eigenvalue weighted by molar-refractivity contribution is 5.61. The first-order valence-electron chi connectivity index (χ1n) is 8.21. The molecular formula is C20H21N3O2. The van der Waals surface area contributed by atoms with Crippen molar-refractivity contribution in [1.82, 2.24) is 9.78 Å². The van der Waals surface area contributed by atoms with Gasteiger partial charge in [-0.1, -0.05) is 18.2 Å². The van der Waals surface area contributed by atoms with Gasteiger partial charge >= 0.3 is 0 Å². The molecule has 3 aromatic rings. The van der Waals surface area contributed by atoms with Crippen molar-refractivity contribution < 1.29 is 9.47 Å². The van der Waals surface area contributed by atoms with Crippen LogP contribution in [0.3, 0.4) is 0 Å². The van der Waals surface area contributed by atoms with Crippen LogP contribution >= 0.6 is 0 Å². The molecule has 0 amide bonds. The van der Waals surface area contributed by atoms with Crippen molar-refractivity contribution in [2.75, 3.05) is 6.61 Å². The third-order valence-corrected chi connectivity index (χ3v) is 3.73. The summed E-state index contributed by atoms with van der Waals surface area (Å²) >= 11 is 0. The lowest BCUT2D eigenvalue weighted by Gasteiger charge is -2.09. The van der Waals surface area contributed by atoms with Crippen molar-refractivity contribution >= 4 is 12.1 Å². The Hall–Kier alpha value is -3.08. The zero-order chi connectivity index (χ0) is 17.6. The summed E-state index contributed by atoms with van der Waals surface area (Å²) in [5, 5.41) is 4.47. The lowest BCUT2D eigenvalue weighted by Crippen LogP contribution is -1.95. The van der Waals surface area contributed by atoms with Gasteiger partial charge in [-0.05, 0) is 56.2 Å². The minimum Gasteiger partial charge on any atom is -0.483 e. The molecule has 25 heavy (non-hydrogen) atoms. The third-order valence-electron chi connectivity index (χ3n) is 3.73. The molecule has 0 aliphatic carbocycles. The second-order valence-electron chi connectivity index (χ2n) is 5.63. The zero-order valence-corrected chi connectivity index (χ0v) is 14.6. The molecular weight excluding hydrogens is 314 g/mol. The molecule has 0 saturated heterocycles. The molecule has 0 atom stereocenters. The number of aryl methyl sites for hydroxylation is 2. The first-order valence-corrected chi connectivity index (χ1v) is 8.21. The topological polar surface area (TPSA) is 48.6 Å². The Bertz CT molecular complexity index is 870. The summed E-state index contributed by atoms with van der Waals surface area (Å²) in [5.74, 6) is 1.32. The molecule has 0 N–H and O–H groups in total. The van der Waals surface area contributed by atoms with Crippen molar-refractivity contribution in [2.24, 2.45) is 4.99 Å². The van der Waals surface area contributed by atoms with Crippen LogP contribution in [0.5, 0.6) is 11.6 Å². The van der Waals surface area contributed by atoms with E-state index < -0.39 is 0 Å². The van der Waals surface area contributed by atoms with Gasteiger partial charge in [0.2, 0.25) is 5.88 Å². The van der Waals surface area contributed by atoms with E-state index in [1.54, 1.807) is 4.68 Å². The molecule has 1 aromatic heterocycles. The number of ether oxygens (including phenoxy) is 2. The summed E-state index contributed by atoms with van der Waals surface area (Å²) < 4.78 is 12.9. The molecule has 5 nitrogen and oxygen atoms in total. The maximum absolute atomic E-state index is 5.96. The van der Waals surface area contributed by atoms with E-state index in [0.717, 1.165) is 28.3 Å². The lowest BCUT2D eigenvalue weighted by atomic mass is 10.1. The van der Waals surface area contributed by atoms with E-state index in [2.05, 4.69) is 10.1 Å². The summed E-state index contributed by atoms with van der Waals surface area (Å²) in [4.78, 5) is 4.33. The van der Waals surface area contributed by atoms with Crippen LogP contribution in [0.1, 0.15) is 18.1 Å². The van der Waals surface area contributed by atoms with Crippen molar-refractivity contribution in [3.8, 4) is 17.3 Å². The summed E-state index contributed by atoms with van der Waals surface area (Å²) in [5.41, 5.74) is 3.86. The van der Waals surface area contributed by atoms with Crippen LogP contribution in [-0.4, -0.2) is 22.8 Å². The SMILES string of the molecule is CCO/C=N/c1cc(C)c(Oc2ccn(-c3ccccc3)n2)cc1C. The fraction of sp³-hybridized carbons (Fsp3) is 0.200. The fourth-order valence-corrected chi connectivity index (χ4v) is 2.39. The van der Waals surface area contributed by atoms with Gasteiger partial charge in [0.05, 0.1) is 18.0 Å².